The molecule has 35 heavy (non-hydrogen) atoms. The highest BCUT2D eigenvalue weighted by Gasteiger charge is 2.21. The van der Waals surface area contributed by atoms with Gasteiger partial charge in [0, 0.05) is 57.3 Å². The third-order valence-corrected chi connectivity index (χ3v) is 6.45. The Morgan fingerprint density at radius 3 is 2.71 bits per heavy atom. The van der Waals surface area contributed by atoms with Crippen LogP contribution in [0, 0.1) is 0 Å². The monoisotopic (exact) mass is 476 g/mol. The van der Waals surface area contributed by atoms with Gasteiger partial charge in [-0.25, -0.2) is 9.97 Å². The van der Waals surface area contributed by atoms with E-state index in [0.29, 0.717) is 13.2 Å². The van der Waals surface area contributed by atoms with E-state index < -0.39 is 0 Å². The van der Waals surface area contributed by atoms with Gasteiger partial charge in [0.2, 0.25) is 0 Å². The summed E-state index contributed by atoms with van der Waals surface area (Å²) in [5.41, 5.74) is 9.87. The van der Waals surface area contributed by atoms with Gasteiger partial charge in [0.25, 0.3) is 0 Å². The fraction of sp³-hybridized carbons (Fsp3) is 0.385. The first-order valence-electron chi connectivity index (χ1n) is 12.0. The van der Waals surface area contributed by atoms with Crippen molar-refractivity contribution in [2.45, 2.75) is 6.04 Å². The molecule has 3 N–H and O–H groups in total. The Hall–Kier alpha value is -3.24. The molecule has 1 fully saturated rings. The largest absolute Gasteiger partial charge is 0.491 e. The number of aromatic nitrogens is 3. The number of ether oxygens (including phenoxy) is 2. The molecule has 1 aliphatic heterocycles. The predicted octanol–water partition coefficient (Wildman–Crippen LogP) is 2.04. The van der Waals surface area contributed by atoms with Crippen molar-refractivity contribution < 1.29 is 14.6 Å². The Bertz CT molecular complexity index is 1280. The van der Waals surface area contributed by atoms with E-state index in [4.69, 9.17) is 20.2 Å². The molecule has 0 aliphatic carbocycles. The molecular formula is C26H32N6O3. The lowest BCUT2D eigenvalue weighted by molar-refractivity contribution is 0.146. The van der Waals surface area contributed by atoms with Crippen LogP contribution in [0.5, 0.6) is 5.75 Å². The Labute approximate surface area is 204 Å². The van der Waals surface area contributed by atoms with Crippen molar-refractivity contribution in [3.8, 4) is 11.6 Å². The maximum Gasteiger partial charge on any atom is 0.139 e. The van der Waals surface area contributed by atoms with Gasteiger partial charge in [0.15, 0.2) is 0 Å². The average Bonchev–Trinajstić information content (AvgIpc) is 3.32. The lowest BCUT2D eigenvalue weighted by Gasteiger charge is -2.37. The van der Waals surface area contributed by atoms with Crippen LogP contribution in [0.3, 0.4) is 0 Å². The highest BCUT2D eigenvalue weighted by atomic mass is 16.5. The normalized spacial score (nSPS) is 15.7. The molecule has 0 bridgehead atoms. The van der Waals surface area contributed by atoms with Gasteiger partial charge in [0.05, 0.1) is 35.5 Å². The second kappa shape index (κ2) is 10.6. The molecule has 1 saturated heterocycles. The molecule has 4 aromatic rings. The van der Waals surface area contributed by atoms with E-state index >= 15 is 0 Å². The van der Waals surface area contributed by atoms with E-state index in [2.05, 4.69) is 39.0 Å². The lowest BCUT2D eigenvalue weighted by Crippen LogP contribution is -2.50. The van der Waals surface area contributed by atoms with E-state index in [1.54, 1.807) is 7.11 Å². The van der Waals surface area contributed by atoms with Crippen molar-refractivity contribution >= 4 is 27.6 Å². The first-order chi connectivity index (χ1) is 17.2. The molecule has 0 unspecified atom stereocenters. The zero-order valence-corrected chi connectivity index (χ0v) is 20.0. The van der Waals surface area contributed by atoms with Crippen LogP contribution in [0.25, 0.3) is 27.8 Å². The number of hydrogen-bond donors (Lipinski definition) is 2. The SMILES string of the molecule is COCCOc1ccc2c(c1)ncn2-c1ccc2cccc(N3CCN(C[C@H](N)CO)CC3)c2n1. The molecule has 0 amide bonds. The number of aliphatic hydroxyl groups is 1. The van der Waals surface area contributed by atoms with E-state index in [-0.39, 0.29) is 12.6 Å². The fourth-order valence-corrected chi connectivity index (χ4v) is 4.58. The van der Waals surface area contributed by atoms with Crippen LogP contribution in [0.15, 0.2) is 54.9 Å². The molecule has 3 heterocycles. The first kappa shape index (κ1) is 23.5. The standard InChI is InChI=1S/C26H32N6O3/c1-34-13-14-35-21-6-7-23-22(15-21)28-18-32(23)25-8-5-19-3-2-4-24(26(19)29-25)31-11-9-30(10-12-31)16-20(27)17-33/h2-8,15,18,20,33H,9-14,16-17,27H2,1H3/t20-/m0/s1. The molecule has 0 radical (unpaired) electrons. The van der Waals surface area contributed by atoms with Crippen molar-refractivity contribution in [3.63, 3.8) is 0 Å². The summed E-state index contributed by atoms with van der Waals surface area (Å²) < 4.78 is 12.8. The minimum Gasteiger partial charge on any atom is -0.491 e. The van der Waals surface area contributed by atoms with Crippen molar-refractivity contribution in [1.82, 2.24) is 19.4 Å². The number of piperazine rings is 1. The highest BCUT2D eigenvalue weighted by Crippen LogP contribution is 2.29. The Balaban J connectivity index is 1.40. The smallest absolute Gasteiger partial charge is 0.139 e. The molecule has 1 aliphatic rings. The molecule has 9 nitrogen and oxygen atoms in total. The summed E-state index contributed by atoms with van der Waals surface area (Å²) in [5.74, 6) is 1.60. The van der Waals surface area contributed by atoms with Crippen LogP contribution in [0.2, 0.25) is 0 Å². The third-order valence-electron chi connectivity index (χ3n) is 6.45. The summed E-state index contributed by atoms with van der Waals surface area (Å²) >= 11 is 0. The molecule has 2 aromatic heterocycles. The van der Waals surface area contributed by atoms with E-state index in [1.807, 2.05) is 35.2 Å². The van der Waals surface area contributed by atoms with Gasteiger partial charge in [-0.3, -0.25) is 9.47 Å². The van der Waals surface area contributed by atoms with Crippen molar-refractivity contribution in [1.29, 1.82) is 0 Å². The summed E-state index contributed by atoms with van der Waals surface area (Å²) in [5, 5.41) is 10.4. The average molecular weight is 477 g/mol. The second-order valence-electron chi connectivity index (χ2n) is 8.85. The van der Waals surface area contributed by atoms with E-state index in [9.17, 15) is 5.11 Å². The minimum absolute atomic E-state index is 0.0152. The zero-order chi connectivity index (χ0) is 24.2. The topological polar surface area (TPSA) is 102 Å². The molecule has 2 aromatic carbocycles. The maximum absolute atomic E-state index is 9.25. The number of rotatable bonds is 9. The molecule has 5 rings (SSSR count). The highest BCUT2D eigenvalue weighted by molar-refractivity contribution is 5.92. The molecule has 184 valence electrons. The van der Waals surface area contributed by atoms with E-state index in [0.717, 1.165) is 71.9 Å². The maximum atomic E-state index is 9.25. The number of pyridine rings is 1. The Kier molecular flexibility index (Phi) is 7.10. The van der Waals surface area contributed by atoms with Crippen LogP contribution < -0.4 is 15.4 Å². The minimum atomic E-state index is -0.193. The van der Waals surface area contributed by atoms with Crippen LogP contribution in [0.4, 0.5) is 5.69 Å². The Morgan fingerprint density at radius 1 is 1.06 bits per heavy atom. The van der Waals surface area contributed by atoms with E-state index in [1.165, 1.54) is 0 Å². The van der Waals surface area contributed by atoms with Gasteiger partial charge >= 0.3 is 0 Å². The quantitative estimate of drug-likeness (QED) is 0.354. The summed E-state index contributed by atoms with van der Waals surface area (Å²) in [7, 11) is 1.66. The number of anilines is 1. The van der Waals surface area contributed by atoms with Gasteiger partial charge in [-0.05, 0) is 30.3 Å². The third kappa shape index (κ3) is 5.08. The second-order valence-corrected chi connectivity index (χ2v) is 8.85. The molecule has 1 atom stereocenters. The molecule has 0 saturated carbocycles. The van der Waals surface area contributed by atoms with Crippen LogP contribution >= 0.6 is 0 Å². The summed E-state index contributed by atoms with van der Waals surface area (Å²) in [6.45, 7) is 5.37. The number of imidazole rings is 1. The number of aliphatic hydroxyl groups excluding tert-OH is 1. The number of para-hydroxylation sites is 1. The number of nitrogens with zero attached hydrogens (tertiary/aromatic N) is 5. The van der Waals surface area contributed by atoms with Crippen LogP contribution in [0.1, 0.15) is 0 Å². The number of nitrogens with two attached hydrogens (primary N) is 1. The zero-order valence-electron chi connectivity index (χ0n) is 20.0. The van der Waals surface area contributed by atoms with Crippen molar-refractivity contribution in [2.75, 3.05) is 64.6 Å². The van der Waals surface area contributed by atoms with Gasteiger partial charge in [-0.15, -0.1) is 0 Å². The van der Waals surface area contributed by atoms with Gasteiger partial charge in [-0.1, -0.05) is 12.1 Å². The van der Waals surface area contributed by atoms with Crippen molar-refractivity contribution in [3.05, 3.63) is 54.9 Å². The summed E-state index contributed by atoms with van der Waals surface area (Å²) in [6, 6.07) is 16.2. The first-order valence-corrected chi connectivity index (χ1v) is 12.0. The summed E-state index contributed by atoms with van der Waals surface area (Å²) in [6.07, 6.45) is 1.81. The van der Waals surface area contributed by atoms with Gasteiger partial charge < -0.3 is 25.2 Å². The predicted molar refractivity (Wildman–Crippen MR) is 137 cm³/mol. The molecule has 9 heteroatoms. The van der Waals surface area contributed by atoms with Crippen molar-refractivity contribution in [2.24, 2.45) is 5.73 Å². The van der Waals surface area contributed by atoms with Crippen LogP contribution in [-0.4, -0.2) is 90.2 Å². The molecular weight excluding hydrogens is 444 g/mol. The molecule has 0 spiro atoms. The number of methoxy groups -OCH3 is 1. The van der Waals surface area contributed by atoms with Gasteiger partial charge in [0.1, 0.15) is 24.5 Å². The number of hydrogen-bond acceptors (Lipinski definition) is 8. The van der Waals surface area contributed by atoms with Crippen LogP contribution in [-0.2, 0) is 4.74 Å². The Morgan fingerprint density at radius 2 is 1.91 bits per heavy atom. The fourth-order valence-electron chi connectivity index (χ4n) is 4.58. The summed E-state index contributed by atoms with van der Waals surface area (Å²) in [4.78, 5) is 14.4. The van der Waals surface area contributed by atoms with Gasteiger partial charge in [-0.2, -0.15) is 0 Å². The lowest BCUT2D eigenvalue weighted by atomic mass is 10.1. The number of benzene rings is 2. The number of fused-ring (bicyclic) bond motifs is 2.